The zero-order valence-corrected chi connectivity index (χ0v) is 11.2. The summed E-state index contributed by atoms with van der Waals surface area (Å²) in [6, 6.07) is 7.97. The lowest BCUT2D eigenvalue weighted by Gasteiger charge is -2.07. The second-order valence-corrected chi connectivity index (χ2v) is 5.89. The summed E-state index contributed by atoms with van der Waals surface area (Å²) in [6.07, 6.45) is 4.14. The van der Waals surface area contributed by atoms with Gasteiger partial charge in [-0.25, -0.2) is 4.98 Å². The molecule has 19 heavy (non-hydrogen) atoms. The summed E-state index contributed by atoms with van der Waals surface area (Å²) in [5.74, 6) is 0. The van der Waals surface area contributed by atoms with E-state index in [4.69, 9.17) is 0 Å². The van der Waals surface area contributed by atoms with Gasteiger partial charge >= 0.3 is 0 Å². The molecule has 4 nitrogen and oxygen atoms in total. The molecule has 1 aromatic carbocycles. The highest BCUT2D eigenvalue weighted by molar-refractivity contribution is 7.20. The fraction of sp³-hybridized carbons (Fsp3) is 0.286. The molecule has 0 atom stereocenters. The first-order valence-electron chi connectivity index (χ1n) is 6.51. The highest BCUT2D eigenvalue weighted by atomic mass is 32.1. The van der Waals surface area contributed by atoms with Crippen LogP contribution >= 0.6 is 11.3 Å². The van der Waals surface area contributed by atoms with Crippen LogP contribution in [0.1, 0.15) is 24.1 Å². The molecule has 0 amide bonds. The van der Waals surface area contributed by atoms with Gasteiger partial charge in [0.15, 0.2) is 0 Å². The third-order valence-electron chi connectivity index (χ3n) is 3.65. The van der Waals surface area contributed by atoms with Crippen LogP contribution in [0.15, 0.2) is 29.1 Å². The van der Waals surface area contributed by atoms with Crippen LogP contribution in [0.3, 0.4) is 0 Å². The van der Waals surface area contributed by atoms with Gasteiger partial charge in [-0.2, -0.15) is 4.68 Å². The lowest BCUT2D eigenvalue weighted by Crippen LogP contribution is -2.17. The predicted molar refractivity (Wildman–Crippen MR) is 76.2 cm³/mol. The topological polar surface area (TPSA) is 50.7 Å². The fourth-order valence-electron chi connectivity index (χ4n) is 2.68. The lowest BCUT2D eigenvalue weighted by molar-refractivity contribution is 0.671. The molecule has 1 aliphatic carbocycles. The number of aromatic amines is 1. The lowest BCUT2D eigenvalue weighted by atomic mass is 9.98. The Morgan fingerprint density at radius 1 is 1.21 bits per heavy atom. The zero-order valence-electron chi connectivity index (χ0n) is 10.3. The number of H-pyrrole nitrogens is 1. The average Bonchev–Trinajstić information content (AvgIpc) is 3.00. The minimum absolute atomic E-state index is 0.0776. The van der Waals surface area contributed by atoms with E-state index in [0.717, 1.165) is 52.3 Å². The van der Waals surface area contributed by atoms with Crippen molar-refractivity contribution in [3.63, 3.8) is 0 Å². The number of nitrogens with one attached hydrogen (secondary N) is 1. The molecular weight excluding hydrogens is 258 g/mol. The van der Waals surface area contributed by atoms with Gasteiger partial charge in [-0.3, -0.25) is 9.89 Å². The summed E-state index contributed by atoms with van der Waals surface area (Å²) >= 11 is 1.55. The van der Waals surface area contributed by atoms with Gasteiger partial charge in [0, 0.05) is 11.3 Å². The van der Waals surface area contributed by atoms with Crippen molar-refractivity contribution in [3.8, 4) is 5.13 Å². The summed E-state index contributed by atoms with van der Waals surface area (Å²) in [5, 5.41) is 3.97. The highest BCUT2D eigenvalue weighted by Crippen LogP contribution is 2.24. The number of para-hydroxylation sites is 1. The number of aromatic nitrogens is 3. The Balaban J connectivity index is 1.92. The third-order valence-corrected chi connectivity index (χ3v) is 4.67. The van der Waals surface area contributed by atoms with Gasteiger partial charge in [-0.15, -0.1) is 0 Å². The number of hydrogen-bond acceptors (Lipinski definition) is 3. The van der Waals surface area contributed by atoms with E-state index in [-0.39, 0.29) is 5.56 Å². The summed E-state index contributed by atoms with van der Waals surface area (Å²) in [4.78, 5) is 16.9. The van der Waals surface area contributed by atoms with Crippen LogP contribution < -0.4 is 5.56 Å². The molecule has 0 unspecified atom stereocenters. The van der Waals surface area contributed by atoms with Gasteiger partial charge in [0.05, 0.1) is 10.2 Å². The van der Waals surface area contributed by atoms with Gasteiger partial charge in [0.25, 0.3) is 5.56 Å². The van der Waals surface area contributed by atoms with Crippen molar-refractivity contribution < 1.29 is 0 Å². The van der Waals surface area contributed by atoms with Crippen molar-refractivity contribution in [3.05, 3.63) is 45.9 Å². The van der Waals surface area contributed by atoms with E-state index >= 15 is 0 Å². The first-order valence-corrected chi connectivity index (χ1v) is 7.33. The van der Waals surface area contributed by atoms with Crippen molar-refractivity contribution in [2.24, 2.45) is 0 Å². The SMILES string of the molecule is O=c1c2c([nH]n1-c1nc3ccccc3s1)CCCC2. The molecule has 0 radical (unpaired) electrons. The van der Waals surface area contributed by atoms with E-state index < -0.39 is 0 Å². The van der Waals surface area contributed by atoms with Crippen LogP contribution in [0.5, 0.6) is 0 Å². The molecule has 5 heteroatoms. The molecule has 4 rings (SSSR count). The quantitative estimate of drug-likeness (QED) is 0.739. The maximum atomic E-state index is 12.4. The van der Waals surface area contributed by atoms with Gasteiger partial charge < -0.3 is 0 Å². The fourth-order valence-corrected chi connectivity index (χ4v) is 3.60. The molecule has 0 aliphatic heterocycles. The van der Waals surface area contributed by atoms with Gasteiger partial charge in [0.1, 0.15) is 0 Å². The Morgan fingerprint density at radius 2 is 2.05 bits per heavy atom. The Labute approximate surface area is 113 Å². The summed E-state index contributed by atoms with van der Waals surface area (Å²) < 4.78 is 2.72. The molecule has 1 aliphatic rings. The van der Waals surface area contributed by atoms with Crippen LogP contribution in [-0.2, 0) is 12.8 Å². The van der Waals surface area contributed by atoms with Crippen LogP contribution in [0.2, 0.25) is 0 Å². The third kappa shape index (κ3) is 1.65. The molecule has 0 saturated heterocycles. The molecule has 0 fully saturated rings. The van der Waals surface area contributed by atoms with Crippen molar-refractivity contribution >= 4 is 21.6 Å². The van der Waals surface area contributed by atoms with E-state index in [2.05, 4.69) is 10.1 Å². The number of benzene rings is 1. The smallest absolute Gasteiger partial charge is 0.276 e. The maximum Gasteiger partial charge on any atom is 0.276 e. The summed E-state index contributed by atoms with van der Waals surface area (Å²) in [7, 11) is 0. The minimum atomic E-state index is 0.0776. The molecule has 2 aromatic heterocycles. The second kappa shape index (κ2) is 4.06. The zero-order chi connectivity index (χ0) is 12.8. The van der Waals surface area contributed by atoms with E-state index in [1.807, 2.05) is 24.3 Å². The average molecular weight is 271 g/mol. The van der Waals surface area contributed by atoms with Crippen LogP contribution in [0.25, 0.3) is 15.3 Å². The van der Waals surface area contributed by atoms with Crippen molar-refractivity contribution in [1.29, 1.82) is 0 Å². The molecule has 1 N–H and O–H groups in total. The van der Waals surface area contributed by atoms with E-state index in [1.165, 1.54) is 0 Å². The van der Waals surface area contributed by atoms with Crippen molar-refractivity contribution in [2.45, 2.75) is 25.7 Å². The molecule has 0 saturated carbocycles. The molecular formula is C14H13N3OS. The number of rotatable bonds is 1. The Hall–Kier alpha value is -1.88. The van der Waals surface area contributed by atoms with Crippen LogP contribution in [0, 0.1) is 0 Å². The molecule has 96 valence electrons. The molecule has 0 bridgehead atoms. The van der Waals surface area contributed by atoms with E-state index in [1.54, 1.807) is 16.0 Å². The normalized spacial score (nSPS) is 14.7. The van der Waals surface area contributed by atoms with Gasteiger partial charge in [0.2, 0.25) is 5.13 Å². The van der Waals surface area contributed by atoms with Gasteiger partial charge in [-0.1, -0.05) is 23.5 Å². The van der Waals surface area contributed by atoms with Gasteiger partial charge in [-0.05, 0) is 37.8 Å². The minimum Gasteiger partial charge on any atom is -0.293 e. The van der Waals surface area contributed by atoms with Crippen LogP contribution in [0.4, 0.5) is 0 Å². The monoisotopic (exact) mass is 271 g/mol. The summed E-state index contributed by atoms with van der Waals surface area (Å²) in [5.41, 5.74) is 3.07. The van der Waals surface area contributed by atoms with E-state index in [9.17, 15) is 4.79 Å². The first-order chi connectivity index (χ1) is 9.33. The van der Waals surface area contributed by atoms with E-state index in [0.29, 0.717) is 0 Å². The number of fused-ring (bicyclic) bond motifs is 2. The predicted octanol–water partition coefficient (Wildman–Crippen LogP) is 2.65. The Kier molecular flexibility index (Phi) is 2.35. The highest BCUT2D eigenvalue weighted by Gasteiger charge is 2.19. The largest absolute Gasteiger partial charge is 0.293 e. The second-order valence-electron chi connectivity index (χ2n) is 4.88. The van der Waals surface area contributed by atoms with Crippen molar-refractivity contribution in [2.75, 3.05) is 0 Å². The molecule has 2 heterocycles. The number of nitrogens with zero attached hydrogens (tertiary/aromatic N) is 2. The number of aryl methyl sites for hydroxylation is 1. The Morgan fingerprint density at radius 3 is 2.89 bits per heavy atom. The standard InChI is InChI=1S/C14H13N3OS/c18-13-9-5-1-2-6-10(9)16-17(13)14-15-11-7-3-4-8-12(11)19-14/h3-4,7-8,16H,1-2,5-6H2. The first kappa shape index (κ1) is 11.0. The maximum absolute atomic E-state index is 12.4. The summed E-state index contributed by atoms with van der Waals surface area (Å²) in [6.45, 7) is 0. The molecule has 0 spiro atoms. The van der Waals surface area contributed by atoms with Crippen LogP contribution in [-0.4, -0.2) is 14.8 Å². The Bertz CT molecular complexity index is 779. The number of hydrogen-bond donors (Lipinski definition) is 1. The molecule has 3 aromatic rings. The number of thiazole rings is 1. The van der Waals surface area contributed by atoms with Crippen molar-refractivity contribution in [1.82, 2.24) is 14.8 Å².